The minimum atomic E-state index is -0.945. The average molecular weight is 574 g/mol. The molecule has 0 radical (unpaired) electrons. The highest BCUT2D eigenvalue weighted by atomic mass is 16.7. The maximum absolute atomic E-state index is 14.1. The van der Waals surface area contributed by atoms with Gasteiger partial charge in [-0.15, -0.1) is 0 Å². The predicted molar refractivity (Wildman–Crippen MR) is 157 cm³/mol. The van der Waals surface area contributed by atoms with Crippen LogP contribution < -0.4 is 10.2 Å². The highest BCUT2D eigenvalue weighted by Gasteiger charge is 2.46. The largest absolute Gasteiger partial charge is 0.467 e. The molecule has 3 aromatic rings. The highest BCUT2D eigenvalue weighted by Crippen LogP contribution is 2.41. The summed E-state index contributed by atoms with van der Waals surface area (Å²) in [7, 11) is 1.32. The summed E-state index contributed by atoms with van der Waals surface area (Å²) >= 11 is 0. The van der Waals surface area contributed by atoms with Gasteiger partial charge in [-0.25, -0.2) is 4.79 Å². The number of benzene rings is 2. The Hall–Kier alpha value is -3.98. The third-order valence-electron chi connectivity index (χ3n) is 8.97. The summed E-state index contributed by atoms with van der Waals surface area (Å²) < 4.78 is 19.1. The Bertz CT molecular complexity index is 1430. The monoisotopic (exact) mass is 573 g/mol. The Kier molecular flexibility index (Phi) is 8.50. The highest BCUT2D eigenvalue weighted by molar-refractivity contribution is 5.96. The third kappa shape index (κ3) is 5.33. The van der Waals surface area contributed by atoms with E-state index in [-0.39, 0.29) is 53.1 Å². The van der Waals surface area contributed by atoms with Gasteiger partial charge in [0, 0.05) is 24.4 Å². The van der Waals surface area contributed by atoms with Crippen LogP contribution in [0.25, 0.3) is 0 Å². The molecule has 6 atom stereocenters. The fourth-order valence-electron chi connectivity index (χ4n) is 6.19. The molecule has 3 heterocycles. The first-order chi connectivity index (χ1) is 20.1. The molecule has 0 bridgehead atoms. The Morgan fingerprint density at radius 2 is 1.52 bits per heavy atom. The molecule has 1 fully saturated rings. The molecule has 0 spiro atoms. The van der Waals surface area contributed by atoms with E-state index in [4.69, 9.17) is 14.2 Å². The van der Waals surface area contributed by atoms with Crippen molar-refractivity contribution in [3.63, 3.8) is 0 Å². The van der Waals surface area contributed by atoms with Crippen LogP contribution in [-0.4, -0.2) is 58.6 Å². The molecule has 222 valence electrons. The molecule has 5 rings (SSSR count). The number of amides is 1. The van der Waals surface area contributed by atoms with Crippen LogP contribution in [0.15, 0.2) is 71.7 Å². The maximum Gasteiger partial charge on any atom is 0.335 e. The smallest absolute Gasteiger partial charge is 0.335 e. The molecule has 1 amide bonds. The fraction of sp³-hybridized carbons (Fsp3) is 0.455. The van der Waals surface area contributed by atoms with Crippen molar-refractivity contribution in [2.75, 3.05) is 13.7 Å². The topological polar surface area (TPSA) is 100.0 Å². The van der Waals surface area contributed by atoms with Crippen LogP contribution in [0, 0.1) is 17.8 Å². The van der Waals surface area contributed by atoms with Gasteiger partial charge in [-0.1, -0.05) is 81.4 Å². The molecule has 0 aliphatic carbocycles. The Morgan fingerprint density at radius 1 is 0.929 bits per heavy atom. The van der Waals surface area contributed by atoms with Crippen molar-refractivity contribution < 1.29 is 23.8 Å². The zero-order valence-electron chi connectivity index (χ0n) is 25.0. The molecule has 1 saturated heterocycles. The van der Waals surface area contributed by atoms with E-state index in [2.05, 4.69) is 29.4 Å². The van der Waals surface area contributed by atoms with Crippen molar-refractivity contribution in [2.24, 2.45) is 17.8 Å². The summed E-state index contributed by atoms with van der Waals surface area (Å²) in [6, 6.07) is 19.7. The number of carbonyl (C=O) groups excluding carboxylic acids is 2. The molecule has 2 aliphatic heterocycles. The van der Waals surface area contributed by atoms with Crippen molar-refractivity contribution >= 4 is 11.9 Å². The molecule has 0 N–H and O–H groups in total. The second-order valence-corrected chi connectivity index (χ2v) is 11.7. The number of hydrogen-bond acceptors (Lipinski definition) is 7. The lowest BCUT2D eigenvalue weighted by Crippen LogP contribution is -2.52. The molecule has 0 saturated carbocycles. The summed E-state index contributed by atoms with van der Waals surface area (Å²) in [5.41, 5.74) is 1.69. The number of ether oxygens (including phenoxy) is 3. The third-order valence-corrected chi connectivity index (χ3v) is 8.97. The van der Waals surface area contributed by atoms with Crippen LogP contribution in [0.2, 0.25) is 0 Å². The summed E-state index contributed by atoms with van der Waals surface area (Å²) in [6.45, 7) is 10.2. The minimum Gasteiger partial charge on any atom is -0.467 e. The Labute approximate surface area is 246 Å². The number of aromatic nitrogens is 2. The van der Waals surface area contributed by atoms with Crippen molar-refractivity contribution in [2.45, 2.75) is 65.0 Å². The van der Waals surface area contributed by atoms with E-state index < -0.39 is 23.8 Å². The van der Waals surface area contributed by atoms with E-state index in [1.807, 2.05) is 71.0 Å². The average Bonchev–Trinajstić information content (AvgIpc) is 3.00. The van der Waals surface area contributed by atoms with Gasteiger partial charge in [0.1, 0.15) is 0 Å². The van der Waals surface area contributed by atoms with E-state index in [1.165, 1.54) is 13.3 Å². The van der Waals surface area contributed by atoms with Gasteiger partial charge >= 0.3 is 5.97 Å². The molecular formula is C33H39N3O6. The zero-order chi connectivity index (χ0) is 30.1. The fourth-order valence-corrected chi connectivity index (χ4v) is 6.19. The van der Waals surface area contributed by atoms with Crippen molar-refractivity contribution in [1.29, 1.82) is 0 Å². The van der Waals surface area contributed by atoms with E-state index in [0.29, 0.717) is 6.54 Å². The van der Waals surface area contributed by atoms with E-state index in [0.717, 1.165) is 11.1 Å². The number of hydrogen-bond donors (Lipinski definition) is 0. The molecule has 9 nitrogen and oxygen atoms in total. The van der Waals surface area contributed by atoms with Gasteiger partial charge in [0.25, 0.3) is 5.91 Å². The van der Waals surface area contributed by atoms with Crippen LogP contribution in [0.3, 0.4) is 0 Å². The van der Waals surface area contributed by atoms with Gasteiger partial charge < -0.3 is 19.1 Å². The normalized spacial score (nSPS) is 25.8. The summed E-state index contributed by atoms with van der Waals surface area (Å²) in [6.07, 6.45) is -0.600. The number of esters is 1. The number of fused-ring (bicyclic) bond motifs is 1. The second-order valence-electron chi connectivity index (χ2n) is 11.7. The quantitative estimate of drug-likeness (QED) is 0.379. The van der Waals surface area contributed by atoms with Gasteiger partial charge in [0.2, 0.25) is 17.5 Å². The van der Waals surface area contributed by atoms with Gasteiger partial charge in [0.15, 0.2) is 11.8 Å². The first-order valence-electron chi connectivity index (χ1n) is 14.6. The van der Waals surface area contributed by atoms with E-state index in [1.54, 1.807) is 9.58 Å². The number of nitrogens with zero attached hydrogens (tertiary/aromatic N) is 3. The van der Waals surface area contributed by atoms with Crippen LogP contribution in [0.5, 0.6) is 5.75 Å². The molecule has 2 aromatic carbocycles. The van der Waals surface area contributed by atoms with Crippen LogP contribution in [0.4, 0.5) is 0 Å². The molecule has 1 aromatic heterocycles. The summed E-state index contributed by atoms with van der Waals surface area (Å²) in [5.74, 6) is -1.41. The zero-order valence-corrected chi connectivity index (χ0v) is 25.0. The number of carbonyl (C=O) groups is 2. The SMILES string of the molecule is COC(=O)C1O[C@@H](Oc2c3n(ncc2=O)[C@@H](C(c2ccccc2)c2ccccc2)CN(C(C)C)C3=O)C(C)C(C)[C@@H]1C. The predicted octanol–water partition coefficient (Wildman–Crippen LogP) is 4.67. The van der Waals surface area contributed by atoms with Gasteiger partial charge in [-0.2, -0.15) is 5.10 Å². The lowest BCUT2D eigenvalue weighted by atomic mass is 9.79. The summed E-state index contributed by atoms with van der Waals surface area (Å²) in [5, 5.41) is 4.53. The standard InChI is InChI=1S/C33H39N3O6/c1-19(2)35-18-25(27(23-13-9-7-10-14-23)24-15-11-8-12-16-24)36-28(31(35)38)30(26(37)17-34-36)42-33-22(5)20(3)21(4)29(41-33)32(39)40-6/h7-17,19-22,25,27,29,33H,18H2,1-6H3/t20?,21-,22?,25+,29?,33-/m0/s1. The molecule has 3 unspecified atom stereocenters. The maximum atomic E-state index is 14.1. The van der Waals surface area contributed by atoms with Gasteiger partial charge in [0.05, 0.1) is 19.3 Å². The molecule has 42 heavy (non-hydrogen) atoms. The lowest BCUT2D eigenvalue weighted by Gasteiger charge is -2.43. The van der Waals surface area contributed by atoms with Crippen molar-refractivity contribution in [3.05, 3.63) is 93.9 Å². The Morgan fingerprint density at radius 3 is 2.07 bits per heavy atom. The number of methoxy groups -OCH3 is 1. The van der Waals surface area contributed by atoms with Gasteiger partial charge in [-0.3, -0.25) is 14.3 Å². The van der Waals surface area contributed by atoms with Crippen LogP contribution in [0.1, 0.15) is 68.2 Å². The number of rotatable bonds is 7. The van der Waals surface area contributed by atoms with Crippen molar-refractivity contribution in [1.82, 2.24) is 14.7 Å². The first-order valence-corrected chi connectivity index (χ1v) is 14.6. The first kappa shape index (κ1) is 29.5. The summed E-state index contributed by atoms with van der Waals surface area (Å²) in [4.78, 5) is 41.8. The van der Waals surface area contributed by atoms with Crippen LogP contribution in [-0.2, 0) is 14.3 Å². The Balaban J connectivity index is 1.64. The van der Waals surface area contributed by atoms with Gasteiger partial charge in [-0.05, 0) is 36.8 Å². The second kappa shape index (κ2) is 12.1. The van der Waals surface area contributed by atoms with Crippen LogP contribution >= 0.6 is 0 Å². The minimum absolute atomic E-state index is 0.0180. The molecule has 9 heteroatoms. The van der Waals surface area contributed by atoms with E-state index >= 15 is 0 Å². The molecule has 2 aliphatic rings. The lowest BCUT2D eigenvalue weighted by molar-refractivity contribution is -0.222. The van der Waals surface area contributed by atoms with E-state index in [9.17, 15) is 14.4 Å². The molecular weight excluding hydrogens is 534 g/mol. The van der Waals surface area contributed by atoms with Crippen molar-refractivity contribution in [3.8, 4) is 5.75 Å².